The van der Waals surface area contributed by atoms with Crippen molar-refractivity contribution in [1.82, 2.24) is 0 Å². The number of anilines is 3. The van der Waals surface area contributed by atoms with Crippen LogP contribution in [0.3, 0.4) is 0 Å². The number of rotatable bonds is 8. The highest BCUT2D eigenvalue weighted by molar-refractivity contribution is 6.05. The Morgan fingerprint density at radius 1 is 1.03 bits per heavy atom. The number of carbonyl (C=O) groups excluding carboxylic acids is 1. The first-order valence-corrected chi connectivity index (χ1v) is 11.4. The fourth-order valence-electron chi connectivity index (χ4n) is 4.09. The second-order valence-electron chi connectivity index (χ2n) is 8.49. The monoisotopic (exact) mass is 447 g/mol. The molecule has 0 unspecified atom stereocenters. The Kier molecular flexibility index (Phi) is 6.77. The van der Waals surface area contributed by atoms with Crippen LogP contribution in [0.1, 0.15) is 42.6 Å². The highest BCUT2D eigenvalue weighted by Crippen LogP contribution is 2.27. The Labute approximate surface area is 193 Å². The molecule has 0 spiro atoms. The molecule has 3 aromatic rings. The molecule has 7 heteroatoms. The van der Waals surface area contributed by atoms with Gasteiger partial charge in [-0.3, -0.25) is 14.4 Å². The molecule has 172 valence electrons. The number of piperidine rings is 1. The average Bonchev–Trinajstić information content (AvgIpc) is 2.83. The first-order chi connectivity index (χ1) is 16.0. The molecule has 4 rings (SSSR count). The molecular weight excluding hydrogens is 418 g/mol. The number of benzene rings is 2. The summed E-state index contributed by atoms with van der Waals surface area (Å²) >= 11 is 0. The summed E-state index contributed by atoms with van der Waals surface area (Å²) in [5.41, 5.74) is 2.13. The van der Waals surface area contributed by atoms with E-state index in [2.05, 4.69) is 17.6 Å². The van der Waals surface area contributed by atoms with Gasteiger partial charge in [-0.2, -0.15) is 0 Å². The third-order valence-corrected chi connectivity index (χ3v) is 6.11. The van der Waals surface area contributed by atoms with Crippen LogP contribution in [0.5, 0.6) is 5.75 Å². The van der Waals surface area contributed by atoms with Gasteiger partial charge in [-0.1, -0.05) is 31.2 Å². The van der Waals surface area contributed by atoms with Crippen LogP contribution in [0.25, 0.3) is 0 Å². The van der Waals surface area contributed by atoms with Gasteiger partial charge in [-0.05, 0) is 55.5 Å². The molecule has 0 aromatic heterocycles. The smallest absolute Gasteiger partial charge is 0.255 e. The van der Waals surface area contributed by atoms with Gasteiger partial charge in [0, 0.05) is 25.2 Å². The summed E-state index contributed by atoms with van der Waals surface area (Å²) in [6.07, 6.45) is 2.05. The first kappa shape index (κ1) is 22.6. The van der Waals surface area contributed by atoms with Crippen LogP contribution in [0.15, 0.2) is 58.1 Å². The van der Waals surface area contributed by atoms with E-state index in [1.807, 2.05) is 42.2 Å². The molecule has 33 heavy (non-hydrogen) atoms. The number of nitrogens with zero attached hydrogens (tertiary/aromatic N) is 1. The van der Waals surface area contributed by atoms with Crippen molar-refractivity contribution in [3.63, 3.8) is 0 Å². The van der Waals surface area contributed by atoms with Gasteiger partial charge < -0.3 is 20.3 Å². The van der Waals surface area contributed by atoms with Crippen molar-refractivity contribution in [2.45, 2.75) is 33.2 Å². The number of hydrogen-bond acceptors (Lipinski definition) is 6. The van der Waals surface area contributed by atoms with Gasteiger partial charge >= 0.3 is 0 Å². The van der Waals surface area contributed by atoms with Gasteiger partial charge in [0.05, 0.1) is 12.3 Å². The number of para-hydroxylation sites is 2. The van der Waals surface area contributed by atoms with Crippen LogP contribution in [0.4, 0.5) is 17.1 Å². The quantitative estimate of drug-likeness (QED) is 0.511. The lowest BCUT2D eigenvalue weighted by Gasteiger charge is -2.33. The van der Waals surface area contributed by atoms with E-state index in [9.17, 15) is 14.4 Å². The SMILES string of the molecule is CCOc1ccccc1NC(=O)c1ccc(CNc2c(N3CCC(C)CC3)c(=O)c2=O)cc1. The summed E-state index contributed by atoms with van der Waals surface area (Å²) in [6.45, 7) is 6.62. The Hall–Kier alpha value is -3.61. The molecule has 0 saturated carbocycles. The van der Waals surface area contributed by atoms with Crippen molar-refractivity contribution < 1.29 is 9.53 Å². The Morgan fingerprint density at radius 3 is 2.42 bits per heavy atom. The maximum Gasteiger partial charge on any atom is 0.255 e. The third-order valence-electron chi connectivity index (χ3n) is 6.11. The minimum absolute atomic E-state index is 0.231. The van der Waals surface area contributed by atoms with Crippen molar-refractivity contribution in [1.29, 1.82) is 0 Å². The van der Waals surface area contributed by atoms with Gasteiger partial charge in [-0.15, -0.1) is 0 Å². The zero-order chi connectivity index (χ0) is 23.4. The fourth-order valence-corrected chi connectivity index (χ4v) is 4.09. The summed E-state index contributed by atoms with van der Waals surface area (Å²) in [5.74, 6) is 1.04. The maximum atomic E-state index is 12.6. The van der Waals surface area contributed by atoms with E-state index in [0.717, 1.165) is 31.5 Å². The van der Waals surface area contributed by atoms with Crippen LogP contribution >= 0.6 is 0 Å². The van der Waals surface area contributed by atoms with Gasteiger partial charge in [0.2, 0.25) is 0 Å². The topological polar surface area (TPSA) is 87.7 Å². The molecule has 1 fully saturated rings. The highest BCUT2D eigenvalue weighted by Gasteiger charge is 2.28. The standard InChI is InChI=1S/C26H29N3O4/c1-3-33-21-7-5-4-6-20(21)28-26(32)19-10-8-18(9-11-19)16-27-22-23(25(31)24(22)30)29-14-12-17(2)13-15-29/h4-11,17,27H,3,12-16H2,1-2H3,(H,28,32). The van der Waals surface area contributed by atoms with E-state index in [1.165, 1.54) is 0 Å². The van der Waals surface area contributed by atoms with Crippen molar-refractivity contribution in [3.8, 4) is 5.75 Å². The van der Waals surface area contributed by atoms with Crippen LogP contribution in [0, 0.1) is 5.92 Å². The van der Waals surface area contributed by atoms with Gasteiger partial charge in [-0.25, -0.2) is 0 Å². The Bertz CT molecular complexity index is 1190. The predicted molar refractivity (Wildman–Crippen MR) is 131 cm³/mol. The molecule has 1 heterocycles. The van der Waals surface area contributed by atoms with Crippen molar-refractivity contribution in [2.24, 2.45) is 5.92 Å². The second kappa shape index (κ2) is 9.90. The van der Waals surface area contributed by atoms with E-state index < -0.39 is 10.9 Å². The summed E-state index contributed by atoms with van der Waals surface area (Å²) < 4.78 is 5.55. The molecule has 0 radical (unpaired) electrons. The lowest BCUT2D eigenvalue weighted by atomic mass is 9.98. The summed E-state index contributed by atoms with van der Waals surface area (Å²) in [6, 6.07) is 14.5. The summed E-state index contributed by atoms with van der Waals surface area (Å²) in [7, 11) is 0. The molecule has 7 nitrogen and oxygen atoms in total. The number of nitrogens with one attached hydrogen (secondary N) is 2. The van der Waals surface area contributed by atoms with Crippen molar-refractivity contribution >= 4 is 23.0 Å². The number of carbonyl (C=O) groups is 1. The Morgan fingerprint density at radius 2 is 1.73 bits per heavy atom. The molecule has 2 N–H and O–H groups in total. The van der Waals surface area contributed by atoms with Crippen molar-refractivity contribution in [3.05, 3.63) is 80.1 Å². The highest BCUT2D eigenvalue weighted by atomic mass is 16.5. The van der Waals surface area contributed by atoms with Crippen molar-refractivity contribution in [2.75, 3.05) is 35.2 Å². The fraction of sp³-hybridized carbons (Fsp3) is 0.346. The lowest BCUT2D eigenvalue weighted by molar-refractivity contribution is 0.102. The van der Waals surface area contributed by atoms with Crippen LogP contribution in [0.2, 0.25) is 0 Å². The minimum atomic E-state index is -0.451. The van der Waals surface area contributed by atoms with Gasteiger partial charge in [0.1, 0.15) is 17.1 Å². The van der Waals surface area contributed by atoms with Crippen LogP contribution in [-0.2, 0) is 6.54 Å². The second-order valence-corrected chi connectivity index (χ2v) is 8.49. The Balaban J connectivity index is 1.38. The number of ether oxygens (including phenoxy) is 1. The van der Waals surface area contributed by atoms with Gasteiger partial charge in [0.25, 0.3) is 16.8 Å². The normalized spacial score (nSPS) is 14.3. The predicted octanol–water partition coefficient (Wildman–Crippen LogP) is 3.78. The lowest BCUT2D eigenvalue weighted by Crippen LogP contribution is -2.45. The third kappa shape index (κ3) is 4.92. The first-order valence-electron chi connectivity index (χ1n) is 11.4. The maximum absolute atomic E-state index is 12.6. The molecule has 0 bridgehead atoms. The largest absolute Gasteiger partial charge is 0.492 e. The zero-order valence-electron chi connectivity index (χ0n) is 19.0. The van der Waals surface area contributed by atoms with Crippen LogP contribution in [-0.4, -0.2) is 25.6 Å². The number of hydrogen-bond donors (Lipinski definition) is 2. The molecule has 1 amide bonds. The van der Waals surface area contributed by atoms with E-state index in [1.54, 1.807) is 18.2 Å². The molecule has 3 aromatic carbocycles. The van der Waals surface area contributed by atoms with Crippen LogP contribution < -0.4 is 31.1 Å². The van der Waals surface area contributed by atoms with E-state index in [4.69, 9.17) is 4.74 Å². The molecule has 1 aliphatic rings. The summed E-state index contributed by atoms with van der Waals surface area (Å²) in [5, 5.41) is 6.02. The zero-order valence-corrected chi connectivity index (χ0v) is 19.0. The van der Waals surface area contributed by atoms with Gasteiger partial charge in [0.15, 0.2) is 0 Å². The molecular formula is C26H29N3O4. The average molecular weight is 448 g/mol. The molecule has 1 aliphatic heterocycles. The van der Waals surface area contributed by atoms with E-state index >= 15 is 0 Å². The molecule has 0 aliphatic carbocycles. The molecule has 1 saturated heterocycles. The number of amides is 1. The minimum Gasteiger partial charge on any atom is -0.492 e. The molecule has 0 atom stereocenters. The summed E-state index contributed by atoms with van der Waals surface area (Å²) in [4.78, 5) is 39.0. The van der Waals surface area contributed by atoms with E-state index in [-0.39, 0.29) is 5.91 Å². The van der Waals surface area contributed by atoms with E-state index in [0.29, 0.717) is 47.4 Å².